The summed E-state index contributed by atoms with van der Waals surface area (Å²) in [6.07, 6.45) is 1.93. The molecular formula is C56H63N4OPt-. The van der Waals surface area contributed by atoms with Gasteiger partial charge in [0, 0.05) is 68.5 Å². The van der Waals surface area contributed by atoms with Crippen LogP contribution in [0.2, 0.25) is 0 Å². The number of pyridine rings is 1. The van der Waals surface area contributed by atoms with E-state index < -0.39 is 0 Å². The van der Waals surface area contributed by atoms with Gasteiger partial charge in [-0.3, -0.25) is 0 Å². The summed E-state index contributed by atoms with van der Waals surface area (Å²) >= 11 is 0. The van der Waals surface area contributed by atoms with Crippen molar-refractivity contribution >= 4 is 44.6 Å². The summed E-state index contributed by atoms with van der Waals surface area (Å²) in [6.45, 7) is 36.6. The Bertz CT molecular complexity index is 2900. The average molecular weight is 1000 g/mol. The van der Waals surface area contributed by atoms with Gasteiger partial charge in [-0.2, -0.15) is 10.7 Å². The molecule has 0 saturated carbocycles. The largest absolute Gasteiger partial charge is 0.509 e. The van der Waals surface area contributed by atoms with Crippen LogP contribution in [0.4, 0.5) is 22.7 Å². The first kappa shape index (κ1) is 44.1. The Morgan fingerprint density at radius 2 is 1.13 bits per heavy atom. The zero-order chi connectivity index (χ0) is 43.9. The molecule has 1 saturated heterocycles. The van der Waals surface area contributed by atoms with E-state index in [0.717, 1.165) is 27.9 Å². The zero-order valence-corrected chi connectivity index (χ0v) is 41.7. The van der Waals surface area contributed by atoms with Gasteiger partial charge in [0.15, 0.2) is 12.4 Å². The third-order valence-electron chi connectivity index (χ3n) is 13.1. The first-order valence-corrected chi connectivity index (χ1v) is 22.0. The van der Waals surface area contributed by atoms with E-state index in [9.17, 15) is 0 Å². The molecule has 2 aliphatic rings. The van der Waals surface area contributed by atoms with Crippen LogP contribution in [0.15, 0.2) is 103 Å². The summed E-state index contributed by atoms with van der Waals surface area (Å²) in [6, 6.07) is 43.8. The molecule has 0 spiro atoms. The molecule has 0 amide bonds. The molecule has 2 aliphatic heterocycles. The number of nitrogens with zero attached hydrogens (tertiary/aromatic N) is 4. The SMILES string of the molecule is CC(C)(C)c1cc(Oc2[c-]c3c(cc2)c2cc(C(C)(C)C)ccc2n3-c2cc(C(C)(C)C)ccn2)[c-]c([N+]23[CH-][N@+]2(c2cccc(C(C)(C)C)c2)c2cc(C(C)(C)C)ccc23)c1.[Pt]. The molecule has 5 aromatic carbocycles. The molecule has 0 radical (unpaired) electrons. The van der Waals surface area contributed by atoms with Crippen molar-refractivity contribution in [3.63, 3.8) is 0 Å². The van der Waals surface area contributed by atoms with Gasteiger partial charge in [0.2, 0.25) is 11.4 Å². The minimum absolute atomic E-state index is 0. The van der Waals surface area contributed by atoms with E-state index in [4.69, 9.17) is 9.72 Å². The molecule has 4 heterocycles. The molecule has 6 heteroatoms. The molecule has 0 bridgehead atoms. The van der Waals surface area contributed by atoms with Gasteiger partial charge in [0.25, 0.3) is 0 Å². The Morgan fingerprint density at radius 1 is 0.516 bits per heavy atom. The molecule has 0 aliphatic carbocycles. The minimum Gasteiger partial charge on any atom is -0.509 e. The maximum atomic E-state index is 6.97. The topological polar surface area (TPSA) is 27.1 Å². The number of aromatic nitrogens is 2. The molecule has 7 aromatic rings. The quantitative estimate of drug-likeness (QED) is 0.0976. The summed E-state index contributed by atoms with van der Waals surface area (Å²) in [7, 11) is 0. The molecule has 0 N–H and O–H groups in total. The number of hydrogen-bond donors (Lipinski definition) is 0. The number of quaternary nitrogens is 2. The number of ether oxygens (including phenoxy) is 1. The van der Waals surface area contributed by atoms with E-state index in [2.05, 4.69) is 224 Å². The van der Waals surface area contributed by atoms with Crippen LogP contribution < -0.4 is 13.9 Å². The first-order chi connectivity index (χ1) is 28.3. The molecule has 1 fully saturated rings. The molecule has 1 unspecified atom stereocenters. The van der Waals surface area contributed by atoms with Crippen LogP contribution in [0, 0.1) is 18.8 Å². The number of benzene rings is 5. The molecule has 2 aromatic heterocycles. The molecular weight excluding hydrogens is 940 g/mol. The molecule has 5 nitrogen and oxygen atoms in total. The van der Waals surface area contributed by atoms with E-state index in [1.54, 1.807) is 0 Å². The van der Waals surface area contributed by atoms with E-state index in [1.807, 2.05) is 6.20 Å². The van der Waals surface area contributed by atoms with Crippen molar-refractivity contribution in [2.75, 3.05) is 0 Å². The Labute approximate surface area is 385 Å². The maximum absolute atomic E-state index is 6.97. The summed E-state index contributed by atoms with van der Waals surface area (Å²) in [5, 5.41) is 2.30. The predicted molar refractivity (Wildman–Crippen MR) is 256 cm³/mol. The molecule has 9 rings (SSSR count). The Hall–Kier alpha value is -4.54. The minimum atomic E-state index is -0.142. The van der Waals surface area contributed by atoms with Crippen LogP contribution in [-0.2, 0) is 48.1 Å². The predicted octanol–water partition coefficient (Wildman–Crippen LogP) is 15.4. The third-order valence-corrected chi connectivity index (χ3v) is 13.1. The standard InChI is InChI=1S/C56H63N4O.Pt/c1-52(2,3)36-17-16-18-41(27-36)59-35-60(59,49-24-20-38(31-50(49)59)54(7,8)9)42-28-40(56(13,14)15)29-44(33-42)61-43-21-22-45-46-30-37(53(4,5)6)19-23-47(46)58(48(45)34-43)51-32-39(25-26-57-51)55(10,11)12;/h16-32,35H,1-15H3;/q-1;/t59-,60?;/m0./s1. The van der Waals surface area contributed by atoms with Crippen molar-refractivity contribution in [1.82, 2.24) is 18.7 Å². The Balaban J connectivity index is 0.00000529. The molecule has 2 atom stereocenters. The van der Waals surface area contributed by atoms with Crippen molar-refractivity contribution in [3.8, 4) is 17.3 Å². The normalized spacial score (nSPS) is 18.8. The van der Waals surface area contributed by atoms with Crippen molar-refractivity contribution < 1.29 is 25.8 Å². The molecule has 324 valence electrons. The van der Waals surface area contributed by atoms with Gasteiger partial charge < -0.3 is 9.30 Å². The van der Waals surface area contributed by atoms with Gasteiger partial charge in [-0.1, -0.05) is 146 Å². The van der Waals surface area contributed by atoms with Crippen LogP contribution >= 0.6 is 0 Å². The van der Waals surface area contributed by atoms with E-state index >= 15 is 0 Å². The monoisotopic (exact) mass is 1000 g/mol. The molecule has 62 heavy (non-hydrogen) atoms. The second-order valence-corrected chi connectivity index (χ2v) is 22.8. The number of rotatable bonds is 5. The van der Waals surface area contributed by atoms with Gasteiger partial charge in [-0.05, 0) is 72.9 Å². The smallest absolute Gasteiger partial charge is 0.225 e. The second kappa shape index (κ2) is 14.2. The van der Waals surface area contributed by atoms with Gasteiger partial charge in [0.1, 0.15) is 5.82 Å². The summed E-state index contributed by atoms with van der Waals surface area (Å²) in [4.78, 5) is 4.95. The van der Waals surface area contributed by atoms with Crippen molar-refractivity contribution in [3.05, 3.63) is 150 Å². The first-order valence-electron chi connectivity index (χ1n) is 22.0. The Kier molecular flexibility index (Phi) is 10.1. The Morgan fingerprint density at radius 3 is 1.79 bits per heavy atom. The van der Waals surface area contributed by atoms with E-state index in [-0.39, 0.29) is 48.1 Å². The average Bonchev–Trinajstić information content (AvgIpc) is 3.67. The summed E-state index contributed by atoms with van der Waals surface area (Å²) < 4.78 is 10.4. The third kappa shape index (κ3) is 6.98. The maximum Gasteiger partial charge on any atom is 0.225 e. The van der Waals surface area contributed by atoms with Crippen LogP contribution in [0.1, 0.15) is 132 Å². The number of hydrogen-bond acceptors (Lipinski definition) is 2. The van der Waals surface area contributed by atoms with Crippen LogP contribution in [0.3, 0.4) is 0 Å². The van der Waals surface area contributed by atoms with Gasteiger partial charge >= 0.3 is 0 Å². The van der Waals surface area contributed by atoms with E-state index in [1.165, 1.54) is 50.3 Å². The fourth-order valence-electron chi connectivity index (χ4n) is 9.14. The van der Waals surface area contributed by atoms with Crippen LogP contribution in [0.25, 0.3) is 27.6 Å². The summed E-state index contributed by atoms with van der Waals surface area (Å²) in [5.74, 6) is 2.19. The number of fused-ring (bicyclic) bond motifs is 7. The fraction of sp³-hybridized carbons (Fsp3) is 0.357. The van der Waals surface area contributed by atoms with E-state index in [0.29, 0.717) is 20.7 Å². The van der Waals surface area contributed by atoms with Crippen molar-refractivity contribution in [2.24, 2.45) is 0 Å². The van der Waals surface area contributed by atoms with Gasteiger partial charge in [-0.15, -0.1) is 35.2 Å². The van der Waals surface area contributed by atoms with Crippen molar-refractivity contribution in [1.29, 1.82) is 0 Å². The summed E-state index contributed by atoms with van der Waals surface area (Å²) in [5.41, 5.74) is 13.2. The van der Waals surface area contributed by atoms with Crippen molar-refractivity contribution in [2.45, 2.75) is 131 Å². The van der Waals surface area contributed by atoms with Gasteiger partial charge in [-0.25, -0.2) is 9.58 Å². The zero-order valence-electron chi connectivity index (χ0n) is 39.4. The van der Waals surface area contributed by atoms with Crippen LogP contribution in [-0.4, -0.2) is 9.55 Å². The second-order valence-electron chi connectivity index (χ2n) is 22.8. The fourth-order valence-corrected chi connectivity index (χ4v) is 9.14. The van der Waals surface area contributed by atoms with Gasteiger partial charge in [0.05, 0.1) is 5.69 Å². The van der Waals surface area contributed by atoms with Crippen LogP contribution in [0.5, 0.6) is 11.5 Å².